The van der Waals surface area contributed by atoms with Gasteiger partial charge in [-0.15, -0.1) is 0 Å². The van der Waals surface area contributed by atoms with Crippen molar-refractivity contribution < 1.29 is 13.2 Å². The second-order valence-corrected chi connectivity index (χ2v) is 5.91. The number of nitrogens with zero attached hydrogens (tertiary/aromatic N) is 1. The molecule has 0 aliphatic carbocycles. The second-order valence-electron chi connectivity index (χ2n) is 3.21. The molecule has 0 aromatic heterocycles. The first-order valence-electron chi connectivity index (χ1n) is 4.02. The molecule has 1 unspecified atom stereocenters. The molecule has 1 aliphatic rings. The van der Waals surface area contributed by atoms with E-state index >= 15 is 0 Å². The number of rotatable bonds is 2. The molecule has 1 atom stereocenters. The van der Waals surface area contributed by atoms with Gasteiger partial charge in [0.2, 0.25) is 0 Å². The molecule has 0 N–H and O–H groups in total. The molecule has 12 heavy (non-hydrogen) atoms. The predicted octanol–water partition coefficient (Wildman–Crippen LogP) is 1.33. The van der Waals surface area contributed by atoms with Crippen LogP contribution in [0.3, 0.4) is 0 Å². The van der Waals surface area contributed by atoms with E-state index in [1.165, 1.54) is 22.5 Å². The summed E-state index contributed by atoms with van der Waals surface area (Å²) in [6, 6.07) is 0. The summed E-state index contributed by atoms with van der Waals surface area (Å²) in [7, 11) is 0. The summed E-state index contributed by atoms with van der Waals surface area (Å²) in [6.07, 6.45) is -3.54. The van der Waals surface area contributed by atoms with Crippen LogP contribution in [-0.4, -0.2) is 53.2 Å². The summed E-state index contributed by atoms with van der Waals surface area (Å²) in [5, 5.41) is 0. The van der Waals surface area contributed by atoms with Crippen molar-refractivity contribution in [2.24, 2.45) is 0 Å². The van der Waals surface area contributed by atoms with Crippen molar-refractivity contribution in [1.29, 1.82) is 0 Å². The maximum absolute atomic E-state index is 11.8. The number of hydrogen-bond acceptors (Lipinski definition) is 1. The molecule has 0 spiro atoms. The summed E-state index contributed by atoms with van der Waals surface area (Å²) in [5.74, 6) is 0. The molecule has 0 amide bonds. The molecular formula is C7H12F3NSn. The van der Waals surface area contributed by atoms with Crippen molar-refractivity contribution in [2.75, 3.05) is 19.6 Å². The Balaban J connectivity index is 2.16. The Morgan fingerprint density at radius 2 is 2.08 bits per heavy atom. The molecule has 1 saturated heterocycles. The first kappa shape index (κ1) is 10.6. The van der Waals surface area contributed by atoms with Crippen LogP contribution in [-0.2, 0) is 0 Å². The predicted molar refractivity (Wildman–Crippen MR) is 42.6 cm³/mol. The number of hydrogen-bond donors (Lipinski definition) is 0. The summed E-state index contributed by atoms with van der Waals surface area (Å²) < 4.78 is 36.1. The Kier molecular flexibility index (Phi) is 3.70. The minimum atomic E-state index is -3.98. The van der Waals surface area contributed by atoms with Gasteiger partial charge in [-0.25, -0.2) is 0 Å². The average Bonchev–Trinajstić information content (AvgIpc) is 2.30. The maximum atomic E-state index is 11.8. The van der Waals surface area contributed by atoms with E-state index in [1.54, 1.807) is 0 Å². The Hall–Kier alpha value is 0.549. The third-order valence-electron chi connectivity index (χ3n) is 2.02. The van der Waals surface area contributed by atoms with Gasteiger partial charge in [0.15, 0.2) is 0 Å². The van der Waals surface area contributed by atoms with E-state index in [4.69, 9.17) is 0 Å². The first-order chi connectivity index (χ1) is 5.47. The molecule has 70 valence electrons. The Bertz CT molecular complexity index is 148. The fraction of sp³-hybridized carbons (Fsp3) is 1.00. The molecule has 5 heteroatoms. The van der Waals surface area contributed by atoms with Gasteiger partial charge in [-0.1, -0.05) is 0 Å². The van der Waals surface area contributed by atoms with E-state index in [-0.39, 0.29) is 6.54 Å². The van der Waals surface area contributed by atoms with Crippen LogP contribution in [0.15, 0.2) is 0 Å². The van der Waals surface area contributed by atoms with Crippen LogP contribution in [0.4, 0.5) is 13.2 Å². The molecule has 0 saturated carbocycles. The number of halogens is 3. The van der Waals surface area contributed by atoms with Gasteiger partial charge in [0.25, 0.3) is 0 Å². The molecule has 2 radical (unpaired) electrons. The minimum absolute atomic E-state index is 0.195. The molecule has 1 rings (SSSR count). The first-order valence-corrected chi connectivity index (χ1v) is 5.92. The fourth-order valence-electron chi connectivity index (χ4n) is 1.35. The van der Waals surface area contributed by atoms with E-state index in [2.05, 4.69) is 0 Å². The van der Waals surface area contributed by atoms with Crippen molar-refractivity contribution in [2.45, 2.75) is 23.0 Å². The zero-order valence-electron chi connectivity index (χ0n) is 6.77. The van der Waals surface area contributed by atoms with Crippen molar-refractivity contribution in [3.05, 3.63) is 0 Å². The van der Waals surface area contributed by atoms with Gasteiger partial charge < -0.3 is 0 Å². The van der Waals surface area contributed by atoms with Gasteiger partial charge in [0, 0.05) is 0 Å². The summed E-state index contributed by atoms with van der Waals surface area (Å²) in [6.45, 7) is 1.95. The topological polar surface area (TPSA) is 3.24 Å². The van der Waals surface area contributed by atoms with E-state index in [0.29, 0.717) is 3.93 Å². The summed E-state index contributed by atoms with van der Waals surface area (Å²) in [4.78, 5) is 1.92. The van der Waals surface area contributed by atoms with E-state index in [1.807, 2.05) is 4.90 Å². The monoisotopic (exact) mass is 287 g/mol. The van der Waals surface area contributed by atoms with Gasteiger partial charge in [0.05, 0.1) is 0 Å². The summed E-state index contributed by atoms with van der Waals surface area (Å²) >= 11 is 1.18. The molecule has 0 bridgehead atoms. The van der Waals surface area contributed by atoms with Crippen LogP contribution in [0, 0.1) is 0 Å². The van der Waals surface area contributed by atoms with Gasteiger partial charge >= 0.3 is 83.2 Å². The van der Waals surface area contributed by atoms with Gasteiger partial charge in [-0.05, 0) is 0 Å². The van der Waals surface area contributed by atoms with Crippen molar-refractivity contribution in [3.8, 4) is 0 Å². The van der Waals surface area contributed by atoms with Crippen molar-refractivity contribution in [3.63, 3.8) is 0 Å². The molecule has 1 aliphatic heterocycles. The number of alkyl halides is 3. The molecule has 0 aromatic rings. The molecular weight excluding hydrogens is 274 g/mol. The zero-order valence-corrected chi connectivity index (χ0v) is 10.1. The third-order valence-corrected chi connectivity index (χ3v) is 3.57. The third kappa shape index (κ3) is 3.98. The second kappa shape index (κ2) is 4.17. The molecule has 0 aromatic carbocycles. The van der Waals surface area contributed by atoms with Crippen LogP contribution in [0.5, 0.6) is 0 Å². The fourth-order valence-corrected chi connectivity index (χ4v) is 2.63. The number of likely N-dealkylation sites (tertiary alicyclic amines) is 1. The Morgan fingerprint density at radius 3 is 2.50 bits per heavy atom. The van der Waals surface area contributed by atoms with E-state index in [0.717, 1.165) is 19.5 Å². The normalized spacial score (nSPS) is 26.5. The zero-order chi connectivity index (χ0) is 9.19. The van der Waals surface area contributed by atoms with Crippen LogP contribution in [0.25, 0.3) is 0 Å². The molecule has 1 fully saturated rings. The van der Waals surface area contributed by atoms with Gasteiger partial charge in [-0.2, -0.15) is 0 Å². The standard InChI is InChI=1S/C7H11F3N.Sn.H/c8-7(9,10)3-6-11-4-1-2-5-11;;/h1H,2-6H2;;. The Labute approximate surface area is 83.4 Å². The van der Waals surface area contributed by atoms with Crippen LogP contribution in [0.2, 0.25) is 3.93 Å². The van der Waals surface area contributed by atoms with E-state index < -0.39 is 12.6 Å². The average molecular weight is 286 g/mol. The van der Waals surface area contributed by atoms with Crippen LogP contribution < -0.4 is 0 Å². The van der Waals surface area contributed by atoms with Gasteiger partial charge in [0.1, 0.15) is 0 Å². The van der Waals surface area contributed by atoms with Crippen molar-refractivity contribution >= 4 is 22.5 Å². The van der Waals surface area contributed by atoms with E-state index in [9.17, 15) is 13.2 Å². The SMILES string of the molecule is FC(F)(F)CCN1CC[CH]([SnH])C1. The van der Waals surface area contributed by atoms with Crippen LogP contribution in [0.1, 0.15) is 12.8 Å². The summed E-state index contributed by atoms with van der Waals surface area (Å²) in [5.41, 5.74) is 0. The van der Waals surface area contributed by atoms with Crippen molar-refractivity contribution in [1.82, 2.24) is 4.90 Å². The van der Waals surface area contributed by atoms with Crippen LogP contribution >= 0.6 is 0 Å². The molecule has 1 nitrogen and oxygen atoms in total. The van der Waals surface area contributed by atoms with Gasteiger partial charge in [-0.3, -0.25) is 0 Å². The Morgan fingerprint density at radius 1 is 1.42 bits per heavy atom. The quantitative estimate of drug-likeness (QED) is 0.692. The molecule has 1 heterocycles.